The second kappa shape index (κ2) is 6.23. The number of hydrogen-bond donors (Lipinski definition) is 2. The van der Waals surface area contributed by atoms with E-state index in [1.54, 1.807) is 0 Å². The zero-order chi connectivity index (χ0) is 14.9. The van der Waals surface area contributed by atoms with Crippen LogP contribution in [-0.2, 0) is 14.3 Å². The zero-order valence-corrected chi connectivity index (χ0v) is 13.0. The zero-order valence-electron chi connectivity index (χ0n) is 13.0. The Labute approximate surface area is 126 Å². The summed E-state index contributed by atoms with van der Waals surface area (Å²) in [6, 6.07) is -0.127. The van der Waals surface area contributed by atoms with Crippen molar-refractivity contribution in [1.82, 2.24) is 5.32 Å². The molecule has 5 heteroatoms. The number of hydrogen-bond acceptors (Lipinski definition) is 4. The van der Waals surface area contributed by atoms with Gasteiger partial charge in [0.15, 0.2) is 0 Å². The number of nitrogens with two attached hydrogens (primary N) is 1. The Morgan fingerprint density at radius 1 is 1.43 bits per heavy atom. The molecule has 0 aromatic rings. The second-order valence-corrected chi connectivity index (χ2v) is 6.80. The summed E-state index contributed by atoms with van der Waals surface area (Å²) in [5.74, 6) is 0.284. The molecule has 2 saturated carbocycles. The van der Waals surface area contributed by atoms with Gasteiger partial charge in [-0.2, -0.15) is 0 Å². The fourth-order valence-electron chi connectivity index (χ4n) is 4.20. The number of amides is 1. The summed E-state index contributed by atoms with van der Waals surface area (Å²) in [7, 11) is 0. The Morgan fingerprint density at radius 3 is 2.71 bits per heavy atom. The molecule has 21 heavy (non-hydrogen) atoms. The molecule has 2 aliphatic carbocycles. The number of carbonyl (C=O) groups is 1. The normalized spacial score (nSPS) is 33.0. The molecule has 5 nitrogen and oxygen atoms in total. The highest BCUT2D eigenvalue weighted by atomic mass is 16.5. The van der Waals surface area contributed by atoms with Gasteiger partial charge in [0.2, 0.25) is 5.91 Å². The molecule has 1 saturated heterocycles. The fourth-order valence-corrected chi connectivity index (χ4v) is 4.20. The molecule has 3 atom stereocenters. The predicted molar refractivity (Wildman–Crippen MR) is 79.8 cm³/mol. The van der Waals surface area contributed by atoms with Crippen molar-refractivity contribution in [2.45, 2.75) is 63.6 Å². The number of nitrogens with one attached hydrogen (secondary N) is 1. The lowest BCUT2D eigenvalue weighted by molar-refractivity contribution is -0.176. The van der Waals surface area contributed by atoms with E-state index in [0.29, 0.717) is 6.10 Å². The molecule has 0 aromatic heterocycles. The molecule has 0 aromatic carbocycles. The molecule has 3 N–H and O–H groups in total. The Balaban J connectivity index is 1.53. The minimum absolute atomic E-state index is 0.0214. The van der Waals surface area contributed by atoms with Crippen LogP contribution in [0.3, 0.4) is 0 Å². The predicted octanol–water partition coefficient (Wildman–Crippen LogP) is 1.20. The monoisotopic (exact) mass is 296 g/mol. The van der Waals surface area contributed by atoms with Crippen LogP contribution in [0.1, 0.15) is 45.4 Å². The van der Waals surface area contributed by atoms with Crippen molar-refractivity contribution in [1.29, 1.82) is 0 Å². The van der Waals surface area contributed by atoms with Gasteiger partial charge >= 0.3 is 0 Å². The average Bonchev–Trinajstić information content (AvgIpc) is 2.44. The van der Waals surface area contributed by atoms with E-state index in [2.05, 4.69) is 5.32 Å². The molecule has 0 radical (unpaired) electrons. The van der Waals surface area contributed by atoms with Gasteiger partial charge in [-0.15, -0.1) is 0 Å². The quantitative estimate of drug-likeness (QED) is 0.799. The minimum Gasteiger partial charge on any atom is -0.381 e. The van der Waals surface area contributed by atoms with Crippen molar-refractivity contribution in [3.8, 4) is 0 Å². The maximum atomic E-state index is 12.4. The topological polar surface area (TPSA) is 73.6 Å². The van der Waals surface area contributed by atoms with E-state index in [-0.39, 0.29) is 23.3 Å². The summed E-state index contributed by atoms with van der Waals surface area (Å²) >= 11 is 0. The largest absolute Gasteiger partial charge is 0.381 e. The van der Waals surface area contributed by atoms with Gasteiger partial charge in [0.1, 0.15) is 0 Å². The minimum atomic E-state index is -0.392. The smallest absolute Gasteiger partial charge is 0.237 e. The summed E-state index contributed by atoms with van der Waals surface area (Å²) in [6.45, 7) is 4.25. The second-order valence-electron chi connectivity index (χ2n) is 6.80. The van der Waals surface area contributed by atoms with Gasteiger partial charge in [-0.25, -0.2) is 0 Å². The molecule has 3 rings (SSSR count). The van der Waals surface area contributed by atoms with Crippen LogP contribution in [0.15, 0.2) is 0 Å². The van der Waals surface area contributed by atoms with Gasteiger partial charge in [-0.05, 0) is 44.9 Å². The summed E-state index contributed by atoms with van der Waals surface area (Å²) in [6.07, 6.45) is 6.67. The van der Waals surface area contributed by atoms with Crippen molar-refractivity contribution >= 4 is 5.91 Å². The van der Waals surface area contributed by atoms with E-state index in [0.717, 1.165) is 39.1 Å². The van der Waals surface area contributed by atoms with Gasteiger partial charge in [0.25, 0.3) is 0 Å². The van der Waals surface area contributed by atoms with Crippen LogP contribution in [0.25, 0.3) is 0 Å². The lowest BCUT2D eigenvalue weighted by Crippen LogP contribution is -2.69. The summed E-state index contributed by atoms with van der Waals surface area (Å²) in [4.78, 5) is 12.4. The van der Waals surface area contributed by atoms with Crippen molar-refractivity contribution in [2.75, 3.05) is 19.8 Å². The maximum Gasteiger partial charge on any atom is 0.237 e. The summed E-state index contributed by atoms with van der Waals surface area (Å²) in [5.41, 5.74) is 6.37. The van der Waals surface area contributed by atoms with E-state index in [4.69, 9.17) is 15.2 Å². The maximum absolute atomic E-state index is 12.4. The van der Waals surface area contributed by atoms with Crippen molar-refractivity contribution < 1.29 is 14.3 Å². The highest BCUT2D eigenvalue weighted by Crippen LogP contribution is 2.57. The Bertz CT molecular complexity index is 378. The van der Waals surface area contributed by atoms with Gasteiger partial charge in [-0.1, -0.05) is 6.42 Å². The van der Waals surface area contributed by atoms with Gasteiger partial charge in [-0.3, -0.25) is 4.79 Å². The SMILES string of the molecule is CCOC1CC(NC(=O)C(N)C2CCOCC2)C12CCC2. The standard InChI is InChI=1S/C16H28N2O3/c1-2-21-13-10-12(16(13)6-3-7-16)18-15(19)14(17)11-4-8-20-9-5-11/h11-14H,2-10,17H2,1H3,(H,18,19). The first-order valence-electron chi connectivity index (χ1n) is 8.42. The van der Waals surface area contributed by atoms with E-state index in [1.807, 2.05) is 6.92 Å². The first-order chi connectivity index (χ1) is 10.2. The highest BCUT2D eigenvalue weighted by Gasteiger charge is 2.59. The third-order valence-electron chi connectivity index (χ3n) is 5.83. The summed E-state index contributed by atoms with van der Waals surface area (Å²) in [5, 5.41) is 3.21. The molecule has 3 unspecified atom stereocenters. The van der Waals surface area contributed by atoms with E-state index in [1.165, 1.54) is 19.3 Å². The molecule has 120 valence electrons. The van der Waals surface area contributed by atoms with Crippen LogP contribution in [0.4, 0.5) is 0 Å². The van der Waals surface area contributed by atoms with Crippen molar-refractivity contribution in [2.24, 2.45) is 17.1 Å². The third-order valence-corrected chi connectivity index (χ3v) is 5.83. The first-order valence-corrected chi connectivity index (χ1v) is 8.42. The highest BCUT2D eigenvalue weighted by molar-refractivity contribution is 5.82. The molecule has 1 heterocycles. The lowest BCUT2D eigenvalue weighted by atomic mass is 9.51. The van der Waals surface area contributed by atoms with Crippen molar-refractivity contribution in [3.05, 3.63) is 0 Å². The number of ether oxygens (including phenoxy) is 2. The van der Waals surface area contributed by atoms with Crippen LogP contribution >= 0.6 is 0 Å². The first kappa shape index (κ1) is 15.3. The van der Waals surface area contributed by atoms with Gasteiger partial charge in [0.05, 0.1) is 12.1 Å². The van der Waals surface area contributed by atoms with Crippen molar-refractivity contribution in [3.63, 3.8) is 0 Å². The molecule has 1 aliphatic heterocycles. The molecular formula is C16H28N2O3. The molecule has 1 spiro atoms. The molecule has 0 bridgehead atoms. The Kier molecular flexibility index (Phi) is 4.52. The number of rotatable bonds is 5. The lowest BCUT2D eigenvalue weighted by Gasteiger charge is -2.61. The summed E-state index contributed by atoms with van der Waals surface area (Å²) < 4.78 is 11.2. The van der Waals surface area contributed by atoms with E-state index < -0.39 is 6.04 Å². The fraction of sp³-hybridized carbons (Fsp3) is 0.938. The Hall–Kier alpha value is -0.650. The van der Waals surface area contributed by atoms with Gasteiger partial charge in [0, 0.05) is 31.3 Å². The molecule has 1 amide bonds. The number of carbonyl (C=O) groups excluding carboxylic acids is 1. The van der Waals surface area contributed by atoms with Crippen LogP contribution in [0.5, 0.6) is 0 Å². The van der Waals surface area contributed by atoms with Crippen LogP contribution in [0, 0.1) is 11.3 Å². The molecular weight excluding hydrogens is 268 g/mol. The van der Waals surface area contributed by atoms with Crippen LogP contribution < -0.4 is 11.1 Å². The van der Waals surface area contributed by atoms with E-state index in [9.17, 15) is 4.79 Å². The van der Waals surface area contributed by atoms with Crippen LogP contribution in [-0.4, -0.2) is 43.9 Å². The molecule has 3 aliphatic rings. The van der Waals surface area contributed by atoms with Gasteiger partial charge < -0.3 is 20.5 Å². The average molecular weight is 296 g/mol. The third kappa shape index (κ3) is 2.71. The van der Waals surface area contributed by atoms with Crippen LogP contribution in [0.2, 0.25) is 0 Å². The van der Waals surface area contributed by atoms with E-state index >= 15 is 0 Å². The molecule has 3 fully saturated rings. The Morgan fingerprint density at radius 2 is 2.14 bits per heavy atom.